The van der Waals surface area contributed by atoms with Gasteiger partial charge in [-0.25, -0.2) is 0 Å². The molecule has 22 heavy (non-hydrogen) atoms. The molecule has 2 atom stereocenters. The van der Waals surface area contributed by atoms with Crippen LogP contribution in [0.2, 0.25) is 0 Å². The van der Waals surface area contributed by atoms with Crippen LogP contribution in [0.25, 0.3) is 0 Å². The van der Waals surface area contributed by atoms with Crippen LogP contribution in [-0.4, -0.2) is 44.6 Å². The average Bonchev–Trinajstić information content (AvgIpc) is 2.52. The number of methoxy groups -OCH3 is 1. The van der Waals surface area contributed by atoms with Crippen LogP contribution in [0.3, 0.4) is 0 Å². The summed E-state index contributed by atoms with van der Waals surface area (Å²) < 4.78 is 5.32. The summed E-state index contributed by atoms with van der Waals surface area (Å²) in [5.41, 5.74) is 2.85. The van der Waals surface area contributed by atoms with Crippen LogP contribution in [0.15, 0.2) is 18.2 Å². The third kappa shape index (κ3) is 4.23. The van der Waals surface area contributed by atoms with Gasteiger partial charge in [-0.15, -0.1) is 0 Å². The van der Waals surface area contributed by atoms with Crippen molar-refractivity contribution in [1.29, 1.82) is 0 Å². The van der Waals surface area contributed by atoms with Crippen LogP contribution in [0.5, 0.6) is 5.75 Å². The van der Waals surface area contributed by atoms with E-state index in [-0.39, 0.29) is 11.9 Å². The summed E-state index contributed by atoms with van der Waals surface area (Å²) in [4.78, 5) is 13.4. The van der Waals surface area contributed by atoms with Crippen molar-refractivity contribution >= 4 is 5.91 Å². The van der Waals surface area contributed by atoms with Gasteiger partial charge in [0.25, 0.3) is 0 Å². The quantitative estimate of drug-likeness (QED) is 0.878. The number of benzene rings is 1. The molecule has 1 N–H and O–H groups in total. The molecule has 0 spiro atoms. The van der Waals surface area contributed by atoms with Gasteiger partial charge in [-0.05, 0) is 55.4 Å². The summed E-state index contributed by atoms with van der Waals surface area (Å²) in [5, 5.41) is 3.53. The first kappa shape index (κ1) is 16.8. The van der Waals surface area contributed by atoms with Gasteiger partial charge in [0.15, 0.2) is 0 Å². The predicted molar refractivity (Wildman–Crippen MR) is 89.4 cm³/mol. The maximum absolute atomic E-state index is 11.7. The fourth-order valence-corrected chi connectivity index (χ4v) is 3.09. The maximum Gasteiger partial charge on any atom is 0.223 e. The molecule has 1 aromatic rings. The molecule has 122 valence electrons. The molecular formula is C18H28N2O2. The Morgan fingerprint density at radius 1 is 1.45 bits per heavy atom. The number of carbonyl (C=O) groups excluding carboxylic acids is 1. The first-order chi connectivity index (χ1) is 10.5. The molecule has 0 heterocycles. The number of hydrogen-bond acceptors (Lipinski definition) is 3. The Hall–Kier alpha value is -1.55. The summed E-state index contributed by atoms with van der Waals surface area (Å²) in [6.07, 6.45) is 4.12. The van der Waals surface area contributed by atoms with E-state index >= 15 is 0 Å². The summed E-state index contributed by atoms with van der Waals surface area (Å²) in [6.45, 7) is 3.01. The van der Waals surface area contributed by atoms with Gasteiger partial charge < -0.3 is 15.0 Å². The SMILES string of the molecule is COc1ccc2c(c1)CCC[C@H]2CN[C@H](C)CC(=O)N(C)C. The molecule has 0 unspecified atom stereocenters. The highest BCUT2D eigenvalue weighted by molar-refractivity contribution is 5.76. The molecule has 0 fully saturated rings. The van der Waals surface area contributed by atoms with Crippen molar-refractivity contribution in [2.75, 3.05) is 27.7 Å². The van der Waals surface area contributed by atoms with Crippen LogP contribution in [0.4, 0.5) is 0 Å². The Morgan fingerprint density at radius 3 is 2.91 bits per heavy atom. The van der Waals surface area contributed by atoms with E-state index in [1.807, 2.05) is 0 Å². The largest absolute Gasteiger partial charge is 0.497 e. The fourth-order valence-electron chi connectivity index (χ4n) is 3.09. The first-order valence-corrected chi connectivity index (χ1v) is 8.11. The lowest BCUT2D eigenvalue weighted by atomic mass is 9.82. The van der Waals surface area contributed by atoms with Crippen molar-refractivity contribution in [3.8, 4) is 5.75 Å². The van der Waals surface area contributed by atoms with Gasteiger partial charge in [0.05, 0.1) is 7.11 Å². The Kier molecular flexibility index (Phi) is 5.83. The van der Waals surface area contributed by atoms with Crippen molar-refractivity contribution in [2.24, 2.45) is 0 Å². The number of ether oxygens (including phenoxy) is 1. The average molecular weight is 304 g/mol. The van der Waals surface area contributed by atoms with Crippen molar-refractivity contribution in [1.82, 2.24) is 10.2 Å². The van der Waals surface area contributed by atoms with Crippen molar-refractivity contribution < 1.29 is 9.53 Å². The predicted octanol–water partition coefficient (Wildman–Crippen LogP) is 2.57. The second-order valence-corrected chi connectivity index (χ2v) is 6.46. The van der Waals surface area contributed by atoms with Gasteiger partial charge in [0, 0.05) is 33.1 Å². The molecule has 4 nitrogen and oxygen atoms in total. The zero-order valence-electron chi connectivity index (χ0n) is 14.2. The van der Waals surface area contributed by atoms with E-state index in [1.165, 1.54) is 24.0 Å². The third-order valence-electron chi connectivity index (χ3n) is 4.48. The summed E-state index contributed by atoms with van der Waals surface area (Å²) in [7, 11) is 5.33. The summed E-state index contributed by atoms with van der Waals surface area (Å²) in [5.74, 6) is 1.65. The Labute approximate surface area is 133 Å². The van der Waals surface area contributed by atoms with Crippen LogP contribution >= 0.6 is 0 Å². The lowest BCUT2D eigenvalue weighted by molar-refractivity contribution is -0.129. The molecule has 1 amide bonds. The highest BCUT2D eigenvalue weighted by Gasteiger charge is 2.21. The molecule has 0 saturated heterocycles. The van der Waals surface area contributed by atoms with E-state index in [9.17, 15) is 4.79 Å². The second-order valence-electron chi connectivity index (χ2n) is 6.46. The molecule has 0 radical (unpaired) electrons. The Morgan fingerprint density at radius 2 is 2.23 bits per heavy atom. The Bertz CT molecular complexity index is 514. The zero-order valence-corrected chi connectivity index (χ0v) is 14.2. The minimum atomic E-state index is 0.175. The number of amides is 1. The number of carbonyl (C=O) groups is 1. The van der Waals surface area contributed by atoms with Gasteiger partial charge in [-0.3, -0.25) is 4.79 Å². The van der Waals surface area contributed by atoms with Crippen LogP contribution in [0.1, 0.15) is 43.2 Å². The van der Waals surface area contributed by atoms with Gasteiger partial charge in [-0.1, -0.05) is 6.07 Å². The highest BCUT2D eigenvalue weighted by atomic mass is 16.5. The first-order valence-electron chi connectivity index (χ1n) is 8.11. The van der Waals surface area contributed by atoms with Crippen molar-refractivity contribution in [3.05, 3.63) is 29.3 Å². The number of rotatable bonds is 6. The summed E-state index contributed by atoms with van der Waals surface area (Å²) in [6, 6.07) is 6.63. The molecule has 0 aromatic heterocycles. The molecule has 0 bridgehead atoms. The van der Waals surface area contributed by atoms with Gasteiger partial charge >= 0.3 is 0 Å². The third-order valence-corrected chi connectivity index (χ3v) is 4.48. The molecule has 1 aliphatic carbocycles. The minimum Gasteiger partial charge on any atom is -0.497 e. The minimum absolute atomic E-state index is 0.175. The number of fused-ring (bicyclic) bond motifs is 1. The van der Waals surface area contributed by atoms with Gasteiger partial charge in [0.1, 0.15) is 5.75 Å². The molecule has 0 saturated carbocycles. The number of aryl methyl sites for hydroxylation is 1. The zero-order chi connectivity index (χ0) is 16.1. The fraction of sp³-hybridized carbons (Fsp3) is 0.611. The molecule has 2 rings (SSSR count). The standard InChI is InChI=1S/C18H28N2O2/c1-13(10-18(21)20(2)3)19-12-15-7-5-6-14-11-16(22-4)8-9-17(14)15/h8-9,11,13,15,19H,5-7,10,12H2,1-4H3/t13-,15+/m1/s1. The van der Waals surface area contributed by atoms with Crippen LogP contribution < -0.4 is 10.1 Å². The molecular weight excluding hydrogens is 276 g/mol. The molecule has 1 aromatic carbocycles. The van der Waals surface area contributed by atoms with E-state index in [0.717, 1.165) is 18.7 Å². The number of nitrogens with zero attached hydrogens (tertiary/aromatic N) is 1. The van der Waals surface area contributed by atoms with E-state index in [2.05, 4.69) is 30.4 Å². The van der Waals surface area contributed by atoms with Crippen LogP contribution in [0, 0.1) is 0 Å². The topological polar surface area (TPSA) is 41.6 Å². The Balaban J connectivity index is 1.93. The maximum atomic E-state index is 11.7. The van der Waals surface area contributed by atoms with E-state index in [1.54, 1.807) is 26.1 Å². The summed E-state index contributed by atoms with van der Waals surface area (Å²) >= 11 is 0. The van der Waals surface area contributed by atoms with Gasteiger partial charge in [0.2, 0.25) is 5.91 Å². The van der Waals surface area contributed by atoms with E-state index in [4.69, 9.17) is 4.74 Å². The highest BCUT2D eigenvalue weighted by Crippen LogP contribution is 2.33. The van der Waals surface area contributed by atoms with Crippen molar-refractivity contribution in [3.63, 3.8) is 0 Å². The number of nitrogens with one attached hydrogen (secondary N) is 1. The normalized spacial score (nSPS) is 18.5. The monoisotopic (exact) mass is 304 g/mol. The van der Waals surface area contributed by atoms with Gasteiger partial charge in [-0.2, -0.15) is 0 Å². The van der Waals surface area contributed by atoms with Crippen molar-refractivity contribution in [2.45, 2.75) is 44.6 Å². The van der Waals surface area contributed by atoms with E-state index in [0.29, 0.717) is 12.3 Å². The molecule has 1 aliphatic rings. The molecule has 4 heteroatoms. The number of hydrogen-bond donors (Lipinski definition) is 1. The van der Waals surface area contributed by atoms with E-state index < -0.39 is 0 Å². The lowest BCUT2D eigenvalue weighted by Gasteiger charge is -2.27. The smallest absolute Gasteiger partial charge is 0.223 e. The lowest BCUT2D eigenvalue weighted by Crippen LogP contribution is -2.36. The molecule has 0 aliphatic heterocycles. The van der Waals surface area contributed by atoms with Crippen LogP contribution in [-0.2, 0) is 11.2 Å². The second kappa shape index (κ2) is 7.63.